The van der Waals surface area contributed by atoms with E-state index in [-0.39, 0.29) is 57.3 Å². The number of nitrogens with one attached hydrogen (secondary N) is 1. The molecule has 1 amide bonds. The number of carbonyl (C=O) groups is 2. The SMILES string of the molecule is Cc1nn(C(F)F)cc1S(=O)(=O)N1C[C@@H](NC(=O)OC(C)C)Cc2ncc(CC(=O)c3c(F)cccc3Cl)cc21. The first-order valence-electron chi connectivity index (χ1n) is 12.1. The summed E-state index contributed by atoms with van der Waals surface area (Å²) >= 11 is 6.01. The van der Waals surface area contributed by atoms with Crippen molar-refractivity contribution < 1.29 is 35.9 Å². The Labute approximate surface area is 233 Å². The molecule has 1 aliphatic rings. The van der Waals surface area contributed by atoms with E-state index < -0.39 is 51.3 Å². The number of fused-ring (bicyclic) bond motifs is 1. The fourth-order valence-electron chi connectivity index (χ4n) is 4.30. The van der Waals surface area contributed by atoms with E-state index in [4.69, 9.17) is 16.3 Å². The highest BCUT2D eigenvalue weighted by Crippen LogP contribution is 2.34. The van der Waals surface area contributed by atoms with Crippen molar-refractivity contribution in [3.8, 4) is 0 Å². The molecule has 15 heteroatoms. The first-order chi connectivity index (χ1) is 18.8. The normalized spacial score (nSPS) is 15.3. The van der Waals surface area contributed by atoms with E-state index in [9.17, 15) is 31.2 Å². The second-order valence-electron chi connectivity index (χ2n) is 9.38. The fraction of sp³-hybridized carbons (Fsp3) is 0.360. The summed E-state index contributed by atoms with van der Waals surface area (Å²) in [5.74, 6) is -1.46. The van der Waals surface area contributed by atoms with Gasteiger partial charge in [0.25, 0.3) is 10.0 Å². The smallest absolute Gasteiger partial charge is 0.407 e. The van der Waals surface area contributed by atoms with Gasteiger partial charge in [-0.1, -0.05) is 17.7 Å². The van der Waals surface area contributed by atoms with Crippen LogP contribution in [0.3, 0.4) is 0 Å². The molecule has 4 rings (SSSR count). The van der Waals surface area contributed by atoms with Crippen molar-refractivity contribution in [3.63, 3.8) is 0 Å². The number of ether oxygens (including phenoxy) is 1. The summed E-state index contributed by atoms with van der Waals surface area (Å²) in [6.07, 6.45) is 0.619. The summed E-state index contributed by atoms with van der Waals surface area (Å²) in [4.78, 5) is 29.0. The summed E-state index contributed by atoms with van der Waals surface area (Å²) in [7, 11) is -4.50. The van der Waals surface area contributed by atoms with E-state index in [0.29, 0.717) is 0 Å². The molecule has 0 saturated heterocycles. The quantitative estimate of drug-likeness (QED) is 0.379. The molecule has 40 heavy (non-hydrogen) atoms. The third kappa shape index (κ3) is 6.07. The van der Waals surface area contributed by atoms with Gasteiger partial charge in [0, 0.05) is 19.0 Å². The number of benzene rings is 1. The molecular formula is C25H25ClF3N5O5S. The van der Waals surface area contributed by atoms with Crippen LogP contribution in [0.1, 0.15) is 47.7 Å². The van der Waals surface area contributed by atoms with Crippen LogP contribution in [0, 0.1) is 12.7 Å². The molecule has 0 saturated carbocycles. The molecule has 0 spiro atoms. The van der Waals surface area contributed by atoms with Crippen LogP contribution in [0.4, 0.5) is 23.7 Å². The lowest BCUT2D eigenvalue weighted by Gasteiger charge is -2.35. The predicted molar refractivity (Wildman–Crippen MR) is 139 cm³/mol. The molecule has 10 nitrogen and oxygen atoms in total. The topological polar surface area (TPSA) is 123 Å². The fourth-order valence-corrected chi connectivity index (χ4v) is 6.26. The van der Waals surface area contributed by atoms with Crippen molar-refractivity contribution in [3.05, 3.63) is 70.0 Å². The largest absolute Gasteiger partial charge is 0.447 e. The van der Waals surface area contributed by atoms with Crippen LogP contribution in [0.15, 0.2) is 41.6 Å². The van der Waals surface area contributed by atoms with Crippen molar-refractivity contribution in [2.24, 2.45) is 0 Å². The molecular weight excluding hydrogens is 575 g/mol. The van der Waals surface area contributed by atoms with Gasteiger partial charge in [0.15, 0.2) is 5.78 Å². The number of pyridine rings is 1. The highest BCUT2D eigenvalue weighted by molar-refractivity contribution is 7.92. The Kier molecular flexibility index (Phi) is 8.40. The first kappa shape index (κ1) is 29.3. The number of alkyl halides is 2. The predicted octanol–water partition coefficient (Wildman–Crippen LogP) is 4.45. The lowest BCUT2D eigenvalue weighted by atomic mass is 10.00. The van der Waals surface area contributed by atoms with Gasteiger partial charge in [-0.3, -0.25) is 14.1 Å². The standard InChI is InChI=1S/C25H25ClF3N5O5S/c1-13(2)39-25(36)31-16-9-19-20(34(11-16)40(37,38)22-12-33(24(28)29)32-14(22)3)7-15(10-30-19)8-21(35)23-17(26)5-4-6-18(23)27/h4-7,10,12-13,16,24H,8-9,11H2,1-3H3,(H,31,36)/t16-/m0/s1. The molecule has 214 valence electrons. The van der Waals surface area contributed by atoms with Crippen molar-refractivity contribution in [2.45, 2.75) is 57.2 Å². The van der Waals surface area contributed by atoms with E-state index in [1.54, 1.807) is 13.8 Å². The van der Waals surface area contributed by atoms with E-state index in [0.717, 1.165) is 16.6 Å². The molecule has 0 aliphatic carbocycles. The molecule has 3 aromatic rings. The Morgan fingerprint density at radius 2 is 2.00 bits per heavy atom. The van der Waals surface area contributed by atoms with E-state index in [1.165, 1.54) is 31.3 Å². The average Bonchev–Trinajstić information content (AvgIpc) is 3.26. The Bertz CT molecular complexity index is 1540. The Morgan fingerprint density at radius 3 is 2.62 bits per heavy atom. The highest BCUT2D eigenvalue weighted by atomic mass is 35.5. The third-order valence-corrected chi connectivity index (χ3v) is 8.21. The molecule has 2 aromatic heterocycles. The van der Waals surface area contributed by atoms with Gasteiger partial charge in [0.05, 0.1) is 52.5 Å². The summed E-state index contributed by atoms with van der Waals surface area (Å²) in [5.41, 5.74) is 0.112. The van der Waals surface area contributed by atoms with Gasteiger partial charge >= 0.3 is 12.6 Å². The minimum absolute atomic E-state index is 0.0735. The van der Waals surface area contributed by atoms with Crippen LogP contribution in [0.25, 0.3) is 0 Å². The molecule has 3 heterocycles. The maximum atomic E-state index is 14.3. The number of amides is 1. The summed E-state index contributed by atoms with van der Waals surface area (Å²) in [5, 5.41) is 6.13. The molecule has 1 aromatic carbocycles. The van der Waals surface area contributed by atoms with Crippen LogP contribution >= 0.6 is 11.6 Å². The maximum absolute atomic E-state index is 14.3. The van der Waals surface area contributed by atoms with Crippen molar-refractivity contribution in [1.29, 1.82) is 0 Å². The number of carbonyl (C=O) groups excluding carboxylic acids is 2. The molecule has 1 aliphatic heterocycles. The number of aromatic nitrogens is 3. The van der Waals surface area contributed by atoms with Gasteiger partial charge in [-0.2, -0.15) is 13.9 Å². The molecule has 1 N–H and O–H groups in total. The Morgan fingerprint density at radius 1 is 1.27 bits per heavy atom. The van der Waals surface area contributed by atoms with Crippen LogP contribution in [0.2, 0.25) is 5.02 Å². The Hall–Kier alpha value is -3.65. The number of rotatable bonds is 8. The maximum Gasteiger partial charge on any atom is 0.407 e. The van der Waals surface area contributed by atoms with E-state index in [1.807, 2.05) is 0 Å². The third-order valence-electron chi connectivity index (χ3n) is 6.01. The number of aryl methyl sites for hydroxylation is 1. The number of halogens is 4. The lowest BCUT2D eigenvalue weighted by molar-refractivity contribution is 0.0561. The van der Waals surface area contributed by atoms with Crippen LogP contribution in [0.5, 0.6) is 0 Å². The Balaban J connectivity index is 1.74. The van der Waals surface area contributed by atoms with Gasteiger partial charge in [0.1, 0.15) is 10.7 Å². The van der Waals surface area contributed by atoms with Crippen molar-refractivity contribution in [2.75, 3.05) is 10.8 Å². The van der Waals surface area contributed by atoms with Crippen LogP contribution in [-0.4, -0.2) is 53.7 Å². The molecule has 0 radical (unpaired) electrons. The van der Waals surface area contributed by atoms with E-state index in [2.05, 4.69) is 15.4 Å². The number of hydrogen-bond donors (Lipinski definition) is 1. The van der Waals surface area contributed by atoms with Crippen LogP contribution in [-0.2, 0) is 27.6 Å². The molecule has 0 bridgehead atoms. The summed E-state index contributed by atoms with van der Waals surface area (Å²) in [6.45, 7) is 1.21. The van der Waals surface area contributed by atoms with Gasteiger partial charge in [0.2, 0.25) is 0 Å². The zero-order chi connectivity index (χ0) is 29.4. The van der Waals surface area contributed by atoms with Gasteiger partial charge < -0.3 is 10.1 Å². The van der Waals surface area contributed by atoms with Crippen molar-refractivity contribution >= 4 is 39.2 Å². The zero-order valence-electron chi connectivity index (χ0n) is 21.6. The first-order valence-corrected chi connectivity index (χ1v) is 13.9. The highest BCUT2D eigenvalue weighted by Gasteiger charge is 2.37. The molecule has 1 atom stereocenters. The van der Waals surface area contributed by atoms with Crippen molar-refractivity contribution in [1.82, 2.24) is 20.1 Å². The van der Waals surface area contributed by atoms with Gasteiger partial charge in [-0.15, -0.1) is 0 Å². The number of sulfonamides is 1. The number of ketones is 1. The number of hydrogen-bond acceptors (Lipinski definition) is 7. The minimum atomic E-state index is -4.50. The molecule has 0 unspecified atom stereocenters. The summed E-state index contributed by atoms with van der Waals surface area (Å²) in [6, 6.07) is 4.45. The van der Waals surface area contributed by atoms with Gasteiger partial charge in [-0.05, 0) is 44.5 Å². The number of Topliss-reactive ketones (excluding diaryl/α,β-unsaturated/α-hetero) is 1. The second kappa shape index (κ2) is 11.5. The number of alkyl carbamates (subject to hydrolysis) is 1. The van der Waals surface area contributed by atoms with E-state index >= 15 is 0 Å². The molecule has 0 fully saturated rings. The summed E-state index contributed by atoms with van der Waals surface area (Å²) < 4.78 is 74.6. The lowest BCUT2D eigenvalue weighted by Crippen LogP contribution is -2.51. The van der Waals surface area contributed by atoms with Crippen LogP contribution < -0.4 is 9.62 Å². The minimum Gasteiger partial charge on any atom is -0.447 e. The van der Waals surface area contributed by atoms with Gasteiger partial charge in [-0.25, -0.2) is 22.3 Å². The number of anilines is 1. The zero-order valence-corrected chi connectivity index (χ0v) is 23.1. The monoisotopic (exact) mass is 599 g/mol. The average molecular weight is 600 g/mol. The number of nitrogens with zero attached hydrogens (tertiary/aromatic N) is 4. The second-order valence-corrected chi connectivity index (χ2v) is 11.6.